The number of amides is 1. The van der Waals surface area contributed by atoms with Crippen LogP contribution in [0.25, 0.3) is 0 Å². The van der Waals surface area contributed by atoms with Crippen LogP contribution in [0.15, 0.2) is 0 Å². The molecule has 1 fully saturated rings. The molecular formula is C11H15F3N2O. The van der Waals surface area contributed by atoms with Gasteiger partial charge in [0.25, 0.3) is 0 Å². The van der Waals surface area contributed by atoms with E-state index in [1.165, 1.54) is 13.8 Å². The van der Waals surface area contributed by atoms with Gasteiger partial charge >= 0.3 is 6.18 Å². The van der Waals surface area contributed by atoms with Gasteiger partial charge in [-0.1, -0.05) is 0 Å². The lowest BCUT2D eigenvalue weighted by Crippen LogP contribution is -2.52. The number of halogens is 3. The highest BCUT2D eigenvalue weighted by Gasteiger charge is 2.49. The number of nitriles is 1. The number of hydrogen-bond donors (Lipinski definition) is 0. The molecule has 0 N–H and O–H groups in total. The standard InChI is InChI=1S/C11H15F3N2O/c1-8(2)16(7-11(12,13)14)9(17)10(6-15)4-3-5-10/h8H,3-5,7H2,1-2H3. The molecule has 0 spiro atoms. The summed E-state index contributed by atoms with van der Waals surface area (Å²) in [5.74, 6) is -0.682. The Bertz CT molecular complexity index is 340. The van der Waals surface area contributed by atoms with Crippen molar-refractivity contribution in [1.82, 2.24) is 4.90 Å². The number of rotatable bonds is 3. The Balaban J connectivity index is 2.85. The summed E-state index contributed by atoms with van der Waals surface area (Å²) in [4.78, 5) is 12.8. The van der Waals surface area contributed by atoms with Crippen molar-refractivity contribution in [3.05, 3.63) is 0 Å². The van der Waals surface area contributed by atoms with Crippen molar-refractivity contribution in [2.24, 2.45) is 5.41 Å². The second kappa shape index (κ2) is 4.55. The van der Waals surface area contributed by atoms with Crippen LogP contribution >= 0.6 is 0 Å². The molecule has 1 amide bonds. The van der Waals surface area contributed by atoms with Crippen LogP contribution in [0.1, 0.15) is 33.1 Å². The van der Waals surface area contributed by atoms with Crippen LogP contribution in [0.3, 0.4) is 0 Å². The summed E-state index contributed by atoms with van der Waals surface area (Å²) in [7, 11) is 0. The van der Waals surface area contributed by atoms with E-state index in [1.807, 2.05) is 6.07 Å². The Morgan fingerprint density at radius 2 is 2.00 bits per heavy atom. The highest BCUT2D eigenvalue weighted by molar-refractivity contribution is 5.86. The Kier molecular flexibility index (Phi) is 3.70. The Morgan fingerprint density at radius 3 is 2.24 bits per heavy atom. The average molecular weight is 248 g/mol. The minimum Gasteiger partial charge on any atom is -0.330 e. The fourth-order valence-corrected chi connectivity index (χ4v) is 1.86. The molecule has 0 heterocycles. The van der Waals surface area contributed by atoms with Crippen molar-refractivity contribution < 1.29 is 18.0 Å². The molecule has 0 unspecified atom stereocenters. The van der Waals surface area contributed by atoms with Crippen LogP contribution in [0.5, 0.6) is 0 Å². The van der Waals surface area contributed by atoms with Gasteiger partial charge in [-0.15, -0.1) is 0 Å². The molecule has 0 atom stereocenters. The highest BCUT2D eigenvalue weighted by Crippen LogP contribution is 2.42. The topological polar surface area (TPSA) is 44.1 Å². The van der Waals surface area contributed by atoms with Crippen molar-refractivity contribution in [1.29, 1.82) is 5.26 Å². The zero-order valence-electron chi connectivity index (χ0n) is 9.84. The molecule has 3 nitrogen and oxygen atoms in total. The van der Waals surface area contributed by atoms with E-state index in [4.69, 9.17) is 5.26 Å². The summed E-state index contributed by atoms with van der Waals surface area (Å²) in [6.45, 7) is 1.76. The van der Waals surface area contributed by atoms with Crippen LogP contribution in [0.2, 0.25) is 0 Å². The molecule has 0 radical (unpaired) electrons. The first-order valence-electron chi connectivity index (χ1n) is 5.51. The van der Waals surface area contributed by atoms with E-state index < -0.39 is 30.1 Å². The normalized spacial score (nSPS) is 18.4. The van der Waals surface area contributed by atoms with Crippen LogP contribution in [-0.2, 0) is 4.79 Å². The van der Waals surface area contributed by atoms with Gasteiger partial charge < -0.3 is 4.90 Å². The maximum atomic E-state index is 12.4. The van der Waals surface area contributed by atoms with Crippen molar-refractivity contribution in [3.8, 4) is 6.07 Å². The molecular weight excluding hydrogens is 233 g/mol. The van der Waals surface area contributed by atoms with Crippen LogP contribution in [0, 0.1) is 16.7 Å². The molecule has 0 aromatic heterocycles. The first-order chi connectivity index (χ1) is 7.72. The molecule has 1 aliphatic rings. The van der Waals surface area contributed by atoms with Crippen molar-refractivity contribution in [3.63, 3.8) is 0 Å². The average Bonchev–Trinajstić information content (AvgIpc) is 2.11. The summed E-state index contributed by atoms with van der Waals surface area (Å²) in [6, 6.07) is 1.32. The second-order valence-electron chi connectivity index (χ2n) is 4.69. The molecule has 0 bridgehead atoms. The lowest BCUT2D eigenvalue weighted by Gasteiger charge is -2.40. The van der Waals surface area contributed by atoms with Gasteiger partial charge in [-0.2, -0.15) is 18.4 Å². The van der Waals surface area contributed by atoms with E-state index in [1.54, 1.807) is 0 Å². The largest absolute Gasteiger partial charge is 0.406 e. The third-order valence-corrected chi connectivity index (χ3v) is 3.06. The Labute approximate surface area is 98.2 Å². The number of carbonyl (C=O) groups is 1. The Hall–Kier alpha value is -1.25. The van der Waals surface area contributed by atoms with E-state index in [0.29, 0.717) is 12.8 Å². The maximum Gasteiger partial charge on any atom is 0.406 e. The third kappa shape index (κ3) is 2.90. The molecule has 0 aliphatic heterocycles. The van der Waals surface area contributed by atoms with E-state index in [0.717, 1.165) is 11.3 Å². The van der Waals surface area contributed by atoms with Gasteiger partial charge in [0.05, 0.1) is 6.07 Å². The minimum atomic E-state index is -4.43. The lowest BCUT2D eigenvalue weighted by molar-refractivity contribution is -0.171. The minimum absolute atomic E-state index is 0.364. The molecule has 17 heavy (non-hydrogen) atoms. The molecule has 0 aromatic rings. The molecule has 0 saturated heterocycles. The van der Waals surface area contributed by atoms with Crippen LogP contribution in [0.4, 0.5) is 13.2 Å². The van der Waals surface area contributed by atoms with Crippen LogP contribution < -0.4 is 0 Å². The Morgan fingerprint density at radius 1 is 1.47 bits per heavy atom. The second-order valence-corrected chi connectivity index (χ2v) is 4.69. The van der Waals surface area contributed by atoms with Gasteiger partial charge in [-0.25, -0.2) is 0 Å². The summed E-state index contributed by atoms with van der Waals surface area (Å²) < 4.78 is 37.1. The predicted molar refractivity (Wildman–Crippen MR) is 54.8 cm³/mol. The first kappa shape index (κ1) is 13.8. The monoisotopic (exact) mass is 248 g/mol. The molecule has 1 saturated carbocycles. The van der Waals surface area contributed by atoms with Crippen molar-refractivity contribution in [2.45, 2.75) is 45.3 Å². The quantitative estimate of drug-likeness (QED) is 0.770. The van der Waals surface area contributed by atoms with Gasteiger partial charge in [0.2, 0.25) is 5.91 Å². The van der Waals surface area contributed by atoms with E-state index >= 15 is 0 Å². The molecule has 1 rings (SSSR count). The smallest absolute Gasteiger partial charge is 0.330 e. The lowest BCUT2D eigenvalue weighted by atomic mass is 9.69. The van der Waals surface area contributed by atoms with Crippen molar-refractivity contribution in [2.75, 3.05) is 6.54 Å². The fraction of sp³-hybridized carbons (Fsp3) is 0.818. The van der Waals surface area contributed by atoms with E-state index in [-0.39, 0.29) is 0 Å². The first-order valence-corrected chi connectivity index (χ1v) is 5.51. The van der Waals surface area contributed by atoms with E-state index in [9.17, 15) is 18.0 Å². The summed E-state index contributed by atoms with van der Waals surface area (Å²) in [6.07, 6.45) is -2.98. The number of carbonyl (C=O) groups excluding carboxylic acids is 1. The highest BCUT2D eigenvalue weighted by atomic mass is 19.4. The fourth-order valence-electron chi connectivity index (χ4n) is 1.86. The molecule has 6 heteroatoms. The van der Waals surface area contributed by atoms with E-state index in [2.05, 4.69) is 0 Å². The van der Waals surface area contributed by atoms with Gasteiger partial charge in [0.15, 0.2) is 0 Å². The van der Waals surface area contributed by atoms with Crippen LogP contribution in [-0.4, -0.2) is 29.6 Å². The SMILES string of the molecule is CC(C)N(CC(F)(F)F)C(=O)C1(C#N)CCC1. The van der Waals surface area contributed by atoms with Crippen molar-refractivity contribution >= 4 is 5.91 Å². The summed E-state index contributed by atoms with van der Waals surface area (Å²) in [5, 5.41) is 8.96. The molecule has 0 aromatic carbocycles. The molecule has 96 valence electrons. The zero-order chi connectivity index (χ0) is 13.3. The predicted octanol–water partition coefficient (Wildman–Crippen LogP) is 2.48. The number of hydrogen-bond acceptors (Lipinski definition) is 2. The van der Waals surface area contributed by atoms with Gasteiger partial charge in [0, 0.05) is 6.04 Å². The maximum absolute atomic E-state index is 12.4. The molecule has 1 aliphatic carbocycles. The summed E-state index contributed by atoms with van der Waals surface area (Å²) >= 11 is 0. The number of nitrogens with zero attached hydrogens (tertiary/aromatic N) is 2. The van der Waals surface area contributed by atoms with Gasteiger partial charge in [-0.3, -0.25) is 4.79 Å². The zero-order valence-corrected chi connectivity index (χ0v) is 9.84. The third-order valence-electron chi connectivity index (χ3n) is 3.06. The van der Waals surface area contributed by atoms with Gasteiger partial charge in [0.1, 0.15) is 12.0 Å². The number of alkyl halides is 3. The van der Waals surface area contributed by atoms with Gasteiger partial charge in [-0.05, 0) is 33.1 Å². The summed E-state index contributed by atoms with van der Waals surface area (Å²) in [5.41, 5.74) is -1.21.